The van der Waals surface area contributed by atoms with Crippen molar-refractivity contribution in [3.8, 4) is 17.3 Å². The number of nitrogens with zero attached hydrogens (tertiary/aromatic N) is 4. The van der Waals surface area contributed by atoms with E-state index in [-0.39, 0.29) is 12.2 Å². The van der Waals surface area contributed by atoms with Crippen LogP contribution in [0.2, 0.25) is 0 Å². The highest BCUT2D eigenvalue weighted by Crippen LogP contribution is 2.24. The van der Waals surface area contributed by atoms with Gasteiger partial charge >= 0.3 is 5.97 Å². The minimum absolute atomic E-state index is 0.120. The summed E-state index contributed by atoms with van der Waals surface area (Å²) in [5.41, 5.74) is 1.68. The Morgan fingerprint density at radius 3 is 2.72 bits per heavy atom. The van der Waals surface area contributed by atoms with E-state index >= 15 is 0 Å². The van der Waals surface area contributed by atoms with Crippen molar-refractivity contribution in [1.82, 2.24) is 19.6 Å². The third kappa shape index (κ3) is 3.75. The van der Waals surface area contributed by atoms with Gasteiger partial charge in [-0.2, -0.15) is 0 Å². The van der Waals surface area contributed by atoms with Gasteiger partial charge in [0.25, 0.3) is 0 Å². The molecule has 0 radical (unpaired) electrons. The van der Waals surface area contributed by atoms with Crippen LogP contribution in [0.1, 0.15) is 15.9 Å². The maximum atomic E-state index is 13.3. The van der Waals surface area contributed by atoms with Gasteiger partial charge in [0.05, 0.1) is 24.6 Å². The molecule has 0 amide bonds. The van der Waals surface area contributed by atoms with Crippen LogP contribution in [0.25, 0.3) is 17.0 Å². The summed E-state index contributed by atoms with van der Waals surface area (Å²) in [4.78, 5) is 15.3. The predicted molar refractivity (Wildman–Crippen MR) is 98.7 cm³/mol. The van der Waals surface area contributed by atoms with Crippen molar-refractivity contribution in [1.29, 1.82) is 0 Å². The van der Waals surface area contributed by atoms with E-state index in [1.807, 2.05) is 0 Å². The summed E-state index contributed by atoms with van der Waals surface area (Å²) in [5, 5.41) is 17.4. The van der Waals surface area contributed by atoms with Crippen molar-refractivity contribution < 1.29 is 23.4 Å². The minimum Gasteiger partial charge on any atom is -0.478 e. The number of carbonyl (C=O) groups is 1. The summed E-state index contributed by atoms with van der Waals surface area (Å²) in [5.74, 6) is -2.13. The molecule has 2 heterocycles. The molecule has 2 aromatic carbocycles. The van der Waals surface area contributed by atoms with Crippen LogP contribution in [0.4, 0.5) is 8.78 Å². The molecule has 29 heavy (non-hydrogen) atoms. The molecule has 7 nitrogen and oxygen atoms in total. The fourth-order valence-corrected chi connectivity index (χ4v) is 2.87. The molecule has 9 heteroatoms. The van der Waals surface area contributed by atoms with Crippen molar-refractivity contribution >= 4 is 11.6 Å². The smallest absolute Gasteiger partial charge is 0.335 e. The Hall–Kier alpha value is -3.88. The zero-order valence-electron chi connectivity index (χ0n) is 14.9. The van der Waals surface area contributed by atoms with Gasteiger partial charge in [0.15, 0.2) is 23.1 Å². The van der Waals surface area contributed by atoms with E-state index in [1.165, 1.54) is 30.6 Å². The first-order valence-corrected chi connectivity index (χ1v) is 8.62. The van der Waals surface area contributed by atoms with Gasteiger partial charge in [-0.15, -0.1) is 10.2 Å². The monoisotopic (exact) mass is 396 g/mol. The number of aromatic carboxylic acids is 1. The highest BCUT2D eigenvalue weighted by Gasteiger charge is 2.15. The fourth-order valence-electron chi connectivity index (χ4n) is 2.87. The van der Waals surface area contributed by atoms with E-state index < -0.39 is 17.6 Å². The van der Waals surface area contributed by atoms with Crippen LogP contribution in [0.15, 0.2) is 54.9 Å². The molecule has 0 saturated heterocycles. The van der Waals surface area contributed by atoms with Crippen LogP contribution in [0.3, 0.4) is 0 Å². The second kappa shape index (κ2) is 7.63. The normalized spacial score (nSPS) is 11.0. The quantitative estimate of drug-likeness (QED) is 0.537. The summed E-state index contributed by atoms with van der Waals surface area (Å²) in [6.45, 7) is 0.179. The lowest BCUT2D eigenvalue weighted by Crippen LogP contribution is -2.06. The second-order valence-corrected chi connectivity index (χ2v) is 6.20. The number of halogens is 2. The van der Waals surface area contributed by atoms with Crippen molar-refractivity contribution in [2.45, 2.75) is 6.42 Å². The summed E-state index contributed by atoms with van der Waals surface area (Å²) < 4.78 is 33.8. The lowest BCUT2D eigenvalue weighted by Gasteiger charge is -2.10. The van der Waals surface area contributed by atoms with Crippen molar-refractivity contribution in [3.63, 3.8) is 0 Å². The SMILES string of the molecule is O=C(O)c1cccc(-c2nnc3cncc(OCCc4ccc(F)c(F)c4)n23)c1. The number of hydrogen-bond acceptors (Lipinski definition) is 5. The molecule has 2 aromatic heterocycles. The third-order valence-electron chi connectivity index (χ3n) is 4.28. The molecule has 0 fully saturated rings. The maximum Gasteiger partial charge on any atom is 0.335 e. The Bertz CT molecular complexity index is 1210. The Morgan fingerprint density at radius 1 is 1.07 bits per heavy atom. The van der Waals surface area contributed by atoms with E-state index in [0.717, 1.165) is 12.1 Å². The third-order valence-corrected chi connectivity index (χ3v) is 4.28. The molecular formula is C20H14F2N4O3. The zero-order chi connectivity index (χ0) is 20.4. The summed E-state index contributed by atoms with van der Waals surface area (Å²) in [7, 11) is 0. The summed E-state index contributed by atoms with van der Waals surface area (Å²) >= 11 is 0. The predicted octanol–water partition coefficient (Wildman–Crippen LogP) is 3.39. The van der Waals surface area contributed by atoms with Gasteiger partial charge < -0.3 is 9.84 Å². The van der Waals surface area contributed by atoms with Crippen LogP contribution in [0.5, 0.6) is 5.88 Å². The number of ether oxygens (including phenoxy) is 1. The standard InChI is InChI=1S/C20H14F2N4O3/c21-15-5-4-12(8-16(15)22)6-7-29-18-11-23-10-17-24-25-19(26(17)18)13-2-1-3-14(9-13)20(27)28/h1-5,8-11H,6-7H2,(H,27,28). The number of aromatic nitrogens is 4. The highest BCUT2D eigenvalue weighted by molar-refractivity contribution is 5.89. The molecule has 1 N–H and O–H groups in total. The molecular weight excluding hydrogens is 382 g/mol. The first-order valence-electron chi connectivity index (χ1n) is 8.62. The van der Waals surface area contributed by atoms with Crippen LogP contribution in [0, 0.1) is 11.6 Å². The number of fused-ring (bicyclic) bond motifs is 1. The first-order chi connectivity index (χ1) is 14.0. The van der Waals surface area contributed by atoms with Gasteiger partial charge in [0.2, 0.25) is 5.88 Å². The van der Waals surface area contributed by atoms with Crippen LogP contribution >= 0.6 is 0 Å². The highest BCUT2D eigenvalue weighted by atomic mass is 19.2. The van der Waals surface area contributed by atoms with E-state index in [1.54, 1.807) is 16.5 Å². The molecule has 0 aliphatic carbocycles. The molecule has 0 atom stereocenters. The molecule has 4 rings (SSSR count). The van der Waals surface area contributed by atoms with Crippen LogP contribution in [-0.4, -0.2) is 37.3 Å². The van der Waals surface area contributed by atoms with E-state index in [4.69, 9.17) is 4.74 Å². The summed E-state index contributed by atoms with van der Waals surface area (Å²) in [6, 6.07) is 9.99. The molecule has 0 unspecified atom stereocenters. The average molecular weight is 396 g/mol. The molecule has 0 bridgehead atoms. The number of carboxylic acids is 1. The van der Waals surface area contributed by atoms with Gasteiger partial charge in [-0.25, -0.2) is 18.0 Å². The molecule has 146 valence electrons. The van der Waals surface area contributed by atoms with Gasteiger partial charge in [-0.1, -0.05) is 18.2 Å². The first kappa shape index (κ1) is 18.5. The molecule has 0 spiro atoms. The molecule has 0 saturated carbocycles. The largest absolute Gasteiger partial charge is 0.478 e. The van der Waals surface area contributed by atoms with Crippen molar-refractivity contribution in [2.24, 2.45) is 0 Å². The number of hydrogen-bond donors (Lipinski definition) is 1. The Morgan fingerprint density at radius 2 is 1.93 bits per heavy atom. The summed E-state index contributed by atoms with van der Waals surface area (Å²) in [6.07, 6.45) is 3.32. The van der Waals surface area contributed by atoms with Crippen molar-refractivity contribution in [2.75, 3.05) is 6.61 Å². The minimum atomic E-state index is -1.05. The van der Waals surface area contributed by atoms with Gasteiger partial charge in [-0.3, -0.25) is 4.98 Å². The second-order valence-electron chi connectivity index (χ2n) is 6.20. The number of carboxylic acid groups (broad SMARTS) is 1. The van der Waals surface area contributed by atoms with Crippen LogP contribution in [-0.2, 0) is 6.42 Å². The van der Waals surface area contributed by atoms with E-state index in [9.17, 15) is 18.7 Å². The van der Waals surface area contributed by atoms with Crippen molar-refractivity contribution in [3.05, 3.63) is 77.6 Å². The number of benzene rings is 2. The lowest BCUT2D eigenvalue weighted by molar-refractivity contribution is 0.0697. The Labute approximate surface area is 163 Å². The Balaban J connectivity index is 1.62. The van der Waals surface area contributed by atoms with Gasteiger partial charge in [-0.05, 0) is 29.8 Å². The van der Waals surface area contributed by atoms with E-state index in [0.29, 0.717) is 34.9 Å². The molecule has 0 aliphatic heterocycles. The molecule has 0 aliphatic rings. The molecule has 4 aromatic rings. The fraction of sp³-hybridized carbons (Fsp3) is 0.100. The average Bonchev–Trinajstić information content (AvgIpc) is 3.16. The Kier molecular flexibility index (Phi) is 4.86. The zero-order valence-corrected chi connectivity index (χ0v) is 14.9. The van der Waals surface area contributed by atoms with Gasteiger partial charge in [0.1, 0.15) is 0 Å². The maximum absolute atomic E-state index is 13.3. The van der Waals surface area contributed by atoms with E-state index in [2.05, 4.69) is 15.2 Å². The lowest BCUT2D eigenvalue weighted by atomic mass is 10.1. The van der Waals surface area contributed by atoms with Crippen LogP contribution < -0.4 is 4.74 Å². The topological polar surface area (TPSA) is 89.6 Å². The van der Waals surface area contributed by atoms with Gasteiger partial charge in [0, 0.05) is 12.0 Å². The number of rotatable bonds is 6.